The van der Waals surface area contributed by atoms with E-state index in [1.807, 2.05) is 0 Å². The highest BCUT2D eigenvalue weighted by atomic mass is 19.1. The van der Waals surface area contributed by atoms with Gasteiger partial charge in [-0.1, -0.05) is 6.07 Å². The molecule has 0 unspecified atom stereocenters. The average molecular weight is 268 g/mol. The van der Waals surface area contributed by atoms with E-state index in [9.17, 15) is 9.18 Å². The summed E-state index contributed by atoms with van der Waals surface area (Å²) in [6.45, 7) is 0. The molecule has 0 saturated carbocycles. The van der Waals surface area contributed by atoms with E-state index in [1.165, 1.54) is 12.1 Å². The van der Waals surface area contributed by atoms with Crippen LogP contribution in [0.5, 0.6) is 0 Å². The number of hydrogen-bond acceptors (Lipinski definition) is 4. The predicted molar refractivity (Wildman–Crippen MR) is 71.2 cm³/mol. The fourth-order valence-corrected chi connectivity index (χ4v) is 1.88. The Balaban J connectivity index is 2.21. The second kappa shape index (κ2) is 4.65. The third-order valence-corrected chi connectivity index (χ3v) is 2.85. The highest BCUT2D eigenvalue weighted by Gasteiger charge is 2.11. The quantitative estimate of drug-likeness (QED) is 0.769. The minimum absolute atomic E-state index is 0.278. The first kappa shape index (κ1) is 12.2. The van der Waals surface area contributed by atoms with Gasteiger partial charge in [0.1, 0.15) is 16.9 Å². The normalized spacial score (nSPS) is 10.7. The number of rotatable bonds is 2. The smallest absolute Gasteiger partial charge is 0.250 e. The molecular formula is C14H9FN4O. The Bertz CT molecular complexity index is 802. The molecule has 1 heterocycles. The predicted octanol–water partition coefficient (Wildman–Crippen LogP) is 1.93. The highest BCUT2D eigenvalue weighted by Crippen LogP contribution is 2.19. The van der Waals surface area contributed by atoms with Crippen molar-refractivity contribution in [2.45, 2.75) is 0 Å². The van der Waals surface area contributed by atoms with Gasteiger partial charge < -0.3 is 5.73 Å². The van der Waals surface area contributed by atoms with Crippen molar-refractivity contribution in [1.29, 1.82) is 0 Å². The monoisotopic (exact) mass is 268 g/mol. The maximum atomic E-state index is 12.9. The minimum Gasteiger partial charge on any atom is -0.366 e. The Morgan fingerprint density at radius 1 is 1.05 bits per heavy atom. The van der Waals surface area contributed by atoms with Gasteiger partial charge in [-0.25, -0.2) is 9.37 Å². The number of fused-ring (bicyclic) bond motifs is 1. The Labute approximate surface area is 113 Å². The number of nitrogens with zero attached hydrogens (tertiary/aromatic N) is 3. The summed E-state index contributed by atoms with van der Waals surface area (Å²) in [5.41, 5.74) is 7.06. The molecule has 0 aliphatic rings. The van der Waals surface area contributed by atoms with Crippen molar-refractivity contribution in [1.82, 2.24) is 15.2 Å². The molecule has 98 valence electrons. The van der Waals surface area contributed by atoms with E-state index in [1.54, 1.807) is 30.3 Å². The van der Waals surface area contributed by atoms with E-state index in [2.05, 4.69) is 15.2 Å². The lowest BCUT2D eigenvalue weighted by Crippen LogP contribution is -2.12. The molecule has 0 bridgehead atoms. The molecule has 3 rings (SSSR count). The first-order valence-corrected chi connectivity index (χ1v) is 5.84. The van der Waals surface area contributed by atoms with Crippen molar-refractivity contribution >= 4 is 16.9 Å². The zero-order valence-electron chi connectivity index (χ0n) is 10.2. The van der Waals surface area contributed by atoms with E-state index >= 15 is 0 Å². The van der Waals surface area contributed by atoms with Gasteiger partial charge >= 0.3 is 0 Å². The molecule has 1 amide bonds. The summed E-state index contributed by atoms with van der Waals surface area (Å²) in [6.07, 6.45) is 0. The third-order valence-electron chi connectivity index (χ3n) is 2.85. The molecule has 0 radical (unpaired) electrons. The van der Waals surface area contributed by atoms with E-state index in [0.717, 1.165) is 0 Å². The lowest BCUT2D eigenvalue weighted by molar-refractivity contribution is 0.100. The molecule has 0 spiro atoms. The van der Waals surface area contributed by atoms with Gasteiger partial charge in [0.05, 0.1) is 5.56 Å². The first-order chi connectivity index (χ1) is 9.65. The lowest BCUT2D eigenvalue weighted by Gasteiger charge is -2.04. The maximum Gasteiger partial charge on any atom is 0.250 e. The molecular weight excluding hydrogens is 259 g/mol. The van der Waals surface area contributed by atoms with E-state index in [-0.39, 0.29) is 11.4 Å². The van der Waals surface area contributed by atoms with Gasteiger partial charge in [-0.05, 0) is 36.4 Å². The largest absolute Gasteiger partial charge is 0.366 e. The summed E-state index contributed by atoms with van der Waals surface area (Å²) in [5.74, 6) is -0.618. The van der Waals surface area contributed by atoms with Crippen LogP contribution in [0.15, 0.2) is 42.5 Å². The summed E-state index contributed by atoms with van der Waals surface area (Å²) in [7, 11) is 0. The molecule has 20 heavy (non-hydrogen) atoms. The van der Waals surface area contributed by atoms with Crippen molar-refractivity contribution in [2.75, 3.05) is 0 Å². The molecule has 0 saturated heterocycles. The SMILES string of the molecule is NC(=O)c1cccc2nnc(-c3ccc(F)cc3)nc12. The zero-order valence-corrected chi connectivity index (χ0v) is 10.2. The standard InChI is InChI=1S/C14H9FN4O/c15-9-6-4-8(5-7-9)14-17-12-10(13(16)20)2-1-3-11(12)18-19-14/h1-7H,(H2,16,20). The minimum atomic E-state index is -0.582. The number of nitrogens with two attached hydrogens (primary N) is 1. The summed E-state index contributed by atoms with van der Waals surface area (Å²) >= 11 is 0. The van der Waals surface area contributed by atoms with E-state index < -0.39 is 5.91 Å². The molecule has 0 atom stereocenters. The van der Waals surface area contributed by atoms with Crippen LogP contribution in [0.25, 0.3) is 22.4 Å². The molecule has 2 aromatic carbocycles. The second-order valence-electron chi connectivity index (χ2n) is 4.18. The molecule has 2 N–H and O–H groups in total. The number of carbonyl (C=O) groups is 1. The van der Waals surface area contributed by atoms with E-state index in [0.29, 0.717) is 22.4 Å². The summed E-state index contributed by atoms with van der Waals surface area (Å²) in [6, 6.07) is 10.6. The van der Waals surface area contributed by atoms with Crippen LogP contribution in [0.2, 0.25) is 0 Å². The number of primary amides is 1. The second-order valence-corrected chi connectivity index (χ2v) is 4.18. The van der Waals surface area contributed by atoms with Crippen LogP contribution < -0.4 is 5.73 Å². The number of benzene rings is 2. The molecule has 1 aromatic heterocycles. The van der Waals surface area contributed by atoms with Crippen molar-refractivity contribution in [3.63, 3.8) is 0 Å². The molecule has 0 fully saturated rings. The van der Waals surface area contributed by atoms with Crippen LogP contribution in [-0.2, 0) is 0 Å². The number of carbonyl (C=O) groups excluding carboxylic acids is 1. The number of aromatic nitrogens is 3. The Morgan fingerprint density at radius 2 is 1.80 bits per heavy atom. The average Bonchev–Trinajstić information content (AvgIpc) is 2.46. The van der Waals surface area contributed by atoms with Crippen molar-refractivity contribution in [3.8, 4) is 11.4 Å². The molecule has 0 aliphatic heterocycles. The van der Waals surface area contributed by atoms with Gasteiger partial charge in [-0.3, -0.25) is 4.79 Å². The Hall–Kier alpha value is -2.89. The highest BCUT2D eigenvalue weighted by molar-refractivity contribution is 6.03. The van der Waals surface area contributed by atoms with Crippen LogP contribution >= 0.6 is 0 Å². The van der Waals surface area contributed by atoms with Gasteiger partial charge in [0.25, 0.3) is 5.91 Å². The maximum absolute atomic E-state index is 12.9. The van der Waals surface area contributed by atoms with Gasteiger partial charge in [-0.2, -0.15) is 0 Å². The fraction of sp³-hybridized carbons (Fsp3) is 0. The summed E-state index contributed by atoms with van der Waals surface area (Å²) < 4.78 is 12.9. The zero-order chi connectivity index (χ0) is 14.1. The van der Waals surface area contributed by atoms with Crippen LogP contribution in [0.1, 0.15) is 10.4 Å². The third kappa shape index (κ3) is 2.07. The van der Waals surface area contributed by atoms with Gasteiger partial charge in [-0.15, -0.1) is 10.2 Å². The Morgan fingerprint density at radius 3 is 2.50 bits per heavy atom. The summed E-state index contributed by atoms with van der Waals surface area (Å²) in [5, 5.41) is 7.98. The van der Waals surface area contributed by atoms with Crippen molar-refractivity contribution < 1.29 is 9.18 Å². The van der Waals surface area contributed by atoms with Crippen LogP contribution in [-0.4, -0.2) is 21.1 Å². The number of para-hydroxylation sites is 1. The van der Waals surface area contributed by atoms with Crippen LogP contribution in [0.4, 0.5) is 4.39 Å². The Kier molecular flexibility index (Phi) is 2.83. The van der Waals surface area contributed by atoms with Crippen molar-refractivity contribution in [3.05, 3.63) is 53.8 Å². The van der Waals surface area contributed by atoms with Gasteiger partial charge in [0, 0.05) is 5.56 Å². The topological polar surface area (TPSA) is 81.8 Å². The first-order valence-electron chi connectivity index (χ1n) is 5.84. The molecule has 3 aromatic rings. The number of hydrogen-bond donors (Lipinski definition) is 1. The molecule has 5 nitrogen and oxygen atoms in total. The van der Waals surface area contributed by atoms with Gasteiger partial charge in [0.15, 0.2) is 5.82 Å². The fourth-order valence-electron chi connectivity index (χ4n) is 1.88. The van der Waals surface area contributed by atoms with E-state index in [4.69, 9.17) is 5.73 Å². The molecule has 0 aliphatic carbocycles. The lowest BCUT2D eigenvalue weighted by atomic mass is 10.1. The molecule has 6 heteroatoms. The van der Waals surface area contributed by atoms with Crippen molar-refractivity contribution in [2.24, 2.45) is 5.73 Å². The summed E-state index contributed by atoms with van der Waals surface area (Å²) in [4.78, 5) is 15.7. The van der Waals surface area contributed by atoms with Gasteiger partial charge in [0.2, 0.25) is 0 Å². The number of amides is 1. The van der Waals surface area contributed by atoms with Crippen LogP contribution in [0, 0.1) is 5.82 Å². The number of halogens is 1. The van der Waals surface area contributed by atoms with Crippen LogP contribution in [0.3, 0.4) is 0 Å².